The second kappa shape index (κ2) is 6.31. The molecule has 0 aromatic carbocycles. The molecule has 1 aromatic heterocycles. The summed E-state index contributed by atoms with van der Waals surface area (Å²) in [4.78, 5) is 36.8. The minimum atomic E-state index is -0.923. The molecule has 0 bridgehead atoms. The Labute approximate surface area is 138 Å². The number of carbonyl (C=O) groups excluding carboxylic acids is 2. The summed E-state index contributed by atoms with van der Waals surface area (Å²) in [7, 11) is 0. The highest BCUT2D eigenvalue weighted by Crippen LogP contribution is 2.40. The lowest BCUT2D eigenvalue weighted by molar-refractivity contribution is -0.147. The molecule has 2 aliphatic rings. The van der Waals surface area contributed by atoms with Gasteiger partial charge in [-0.05, 0) is 37.7 Å². The molecule has 1 fully saturated rings. The van der Waals surface area contributed by atoms with Gasteiger partial charge in [0.25, 0.3) is 5.91 Å². The van der Waals surface area contributed by atoms with Gasteiger partial charge < -0.3 is 16.2 Å². The predicted molar refractivity (Wildman–Crippen MR) is 86.6 cm³/mol. The van der Waals surface area contributed by atoms with Crippen LogP contribution in [0, 0.1) is 11.8 Å². The van der Waals surface area contributed by atoms with Gasteiger partial charge in [-0.3, -0.25) is 14.4 Å². The summed E-state index contributed by atoms with van der Waals surface area (Å²) in [6, 6.07) is 0. The van der Waals surface area contributed by atoms with Crippen molar-refractivity contribution in [3.63, 3.8) is 0 Å². The Morgan fingerprint density at radius 3 is 2.43 bits per heavy atom. The van der Waals surface area contributed by atoms with Crippen LogP contribution < -0.4 is 11.1 Å². The Hall–Kier alpha value is -1.89. The molecule has 0 saturated heterocycles. The second-order valence-corrected chi connectivity index (χ2v) is 7.36. The van der Waals surface area contributed by atoms with Crippen molar-refractivity contribution in [3.05, 3.63) is 16.0 Å². The minimum Gasteiger partial charge on any atom is -0.481 e. The molecule has 0 spiro atoms. The zero-order valence-electron chi connectivity index (χ0n) is 12.8. The minimum absolute atomic E-state index is 0.306. The van der Waals surface area contributed by atoms with Gasteiger partial charge in [0.05, 0.1) is 17.4 Å². The van der Waals surface area contributed by atoms with Crippen LogP contribution in [0.25, 0.3) is 0 Å². The fraction of sp³-hybridized carbons (Fsp3) is 0.562. The van der Waals surface area contributed by atoms with E-state index in [1.165, 1.54) is 11.3 Å². The van der Waals surface area contributed by atoms with Gasteiger partial charge in [-0.15, -0.1) is 11.3 Å². The number of nitrogens with one attached hydrogen (secondary N) is 1. The van der Waals surface area contributed by atoms with Crippen LogP contribution in [0.15, 0.2) is 0 Å². The molecule has 7 heteroatoms. The van der Waals surface area contributed by atoms with Crippen molar-refractivity contribution >= 4 is 34.1 Å². The third-order valence-corrected chi connectivity index (χ3v) is 6.03. The first-order valence-corrected chi connectivity index (χ1v) is 8.78. The second-order valence-electron chi connectivity index (χ2n) is 6.25. The summed E-state index contributed by atoms with van der Waals surface area (Å²) in [6.45, 7) is 0. The normalized spacial score (nSPS) is 23.3. The molecule has 2 amide bonds. The molecule has 0 unspecified atom stereocenters. The number of carboxylic acid groups (broad SMARTS) is 1. The maximum atomic E-state index is 12.6. The molecular weight excluding hydrogens is 316 g/mol. The fourth-order valence-electron chi connectivity index (χ4n) is 3.70. The van der Waals surface area contributed by atoms with Crippen molar-refractivity contribution in [1.29, 1.82) is 0 Å². The molecule has 3 rings (SSSR count). The molecule has 1 aromatic rings. The number of nitrogens with two attached hydrogens (primary N) is 1. The average Bonchev–Trinajstić information content (AvgIpc) is 3.06. The molecular formula is C16H20N2O4S. The first kappa shape index (κ1) is 16.0. The van der Waals surface area contributed by atoms with Crippen LogP contribution in [0.2, 0.25) is 0 Å². The molecule has 23 heavy (non-hydrogen) atoms. The number of hydrogen-bond donors (Lipinski definition) is 3. The van der Waals surface area contributed by atoms with Crippen molar-refractivity contribution in [2.24, 2.45) is 17.6 Å². The summed E-state index contributed by atoms with van der Waals surface area (Å²) in [5.41, 5.74) is 6.85. The van der Waals surface area contributed by atoms with Crippen LogP contribution >= 0.6 is 11.3 Å². The summed E-state index contributed by atoms with van der Waals surface area (Å²) in [5, 5.41) is 12.6. The molecule has 0 aliphatic heterocycles. The number of aliphatic carboxylic acids is 1. The van der Waals surface area contributed by atoms with E-state index in [0.29, 0.717) is 23.4 Å². The lowest BCUT2D eigenvalue weighted by Gasteiger charge is -2.27. The first-order valence-electron chi connectivity index (χ1n) is 7.97. The number of carboxylic acids is 1. The Bertz CT molecular complexity index is 667. The van der Waals surface area contributed by atoms with Gasteiger partial charge in [-0.1, -0.05) is 12.8 Å². The monoisotopic (exact) mass is 336 g/mol. The van der Waals surface area contributed by atoms with E-state index in [2.05, 4.69) is 5.32 Å². The number of thiophene rings is 1. The van der Waals surface area contributed by atoms with Crippen LogP contribution in [-0.2, 0) is 22.4 Å². The van der Waals surface area contributed by atoms with E-state index in [1.54, 1.807) is 0 Å². The number of amides is 2. The van der Waals surface area contributed by atoms with Crippen molar-refractivity contribution < 1.29 is 19.5 Å². The fourth-order valence-corrected chi connectivity index (χ4v) is 5.00. The molecule has 4 N–H and O–H groups in total. The lowest BCUT2D eigenvalue weighted by Crippen LogP contribution is -2.36. The van der Waals surface area contributed by atoms with Crippen LogP contribution in [-0.4, -0.2) is 22.9 Å². The smallest absolute Gasteiger partial charge is 0.307 e. The number of anilines is 1. The highest BCUT2D eigenvalue weighted by atomic mass is 32.1. The van der Waals surface area contributed by atoms with Crippen LogP contribution in [0.4, 0.5) is 5.00 Å². The maximum absolute atomic E-state index is 12.6. The molecule has 2 aliphatic carbocycles. The summed E-state index contributed by atoms with van der Waals surface area (Å²) < 4.78 is 0. The van der Waals surface area contributed by atoms with Crippen LogP contribution in [0.3, 0.4) is 0 Å². The quantitative estimate of drug-likeness (QED) is 0.782. The number of primary amides is 1. The number of aryl methyl sites for hydroxylation is 1. The number of carbonyl (C=O) groups is 3. The van der Waals surface area contributed by atoms with E-state index in [4.69, 9.17) is 5.73 Å². The van der Waals surface area contributed by atoms with E-state index in [0.717, 1.165) is 42.5 Å². The van der Waals surface area contributed by atoms with Crippen LogP contribution in [0.1, 0.15) is 52.9 Å². The molecule has 1 saturated carbocycles. The van der Waals surface area contributed by atoms with Crippen molar-refractivity contribution in [1.82, 2.24) is 0 Å². The highest BCUT2D eigenvalue weighted by molar-refractivity contribution is 7.17. The number of rotatable bonds is 4. The van der Waals surface area contributed by atoms with E-state index in [9.17, 15) is 19.5 Å². The molecule has 1 heterocycles. The zero-order valence-corrected chi connectivity index (χ0v) is 13.6. The molecule has 124 valence electrons. The van der Waals surface area contributed by atoms with E-state index in [-0.39, 0.29) is 5.91 Å². The van der Waals surface area contributed by atoms with Gasteiger partial charge in [-0.25, -0.2) is 0 Å². The molecule has 2 atom stereocenters. The predicted octanol–water partition coefficient (Wildman–Crippen LogP) is 2.17. The highest BCUT2D eigenvalue weighted by Gasteiger charge is 2.36. The Balaban J connectivity index is 1.83. The maximum Gasteiger partial charge on any atom is 0.307 e. The largest absolute Gasteiger partial charge is 0.481 e. The zero-order chi connectivity index (χ0) is 16.6. The van der Waals surface area contributed by atoms with E-state index >= 15 is 0 Å². The number of hydrogen-bond acceptors (Lipinski definition) is 4. The molecule has 0 radical (unpaired) electrons. The van der Waals surface area contributed by atoms with Gasteiger partial charge in [0.2, 0.25) is 5.91 Å². The standard InChI is InChI=1S/C16H20N2O4S/c17-13(19)12-10-6-3-7-11(10)23-15(12)18-14(20)8-4-1-2-5-9(8)16(21)22/h8-9H,1-7H2,(H2,17,19)(H,18,20)(H,21,22)/t8-,9-/m1/s1. The van der Waals surface area contributed by atoms with Crippen LogP contribution in [0.5, 0.6) is 0 Å². The first-order chi connectivity index (χ1) is 11.0. The van der Waals surface area contributed by atoms with Gasteiger partial charge in [0.15, 0.2) is 0 Å². The van der Waals surface area contributed by atoms with E-state index in [1.807, 2.05) is 0 Å². The Kier molecular flexibility index (Phi) is 4.39. The van der Waals surface area contributed by atoms with Gasteiger partial charge in [0, 0.05) is 4.88 Å². The van der Waals surface area contributed by atoms with Gasteiger partial charge in [-0.2, -0.15) is 0 Å². The van der Waals surface area contributed by atoms with Gasteiger partial charge in [0.1, 0.15) is 5.00 Å². The topological polar surface area (TPSA) is 109 Å². The SMILES string of the molecule is NC(=O)c1c(NC(=O)[C@@H]2CCCC[C@H]2C(=O)O)sc2c1CCC2. The van der Waals surface area contributed by atoms with E-state index < -0.39 is 23.7 Å². The summed E-state index contributed by atoms with van der Waals surface area (Å²) >= 11 is 1.40. The Morgan fingerprint density at radius 1 is 1.09 bits per heavy atom. The third-order valence-electron chi connectivity index (χ3n) is 4.82. The van der Waals surface area contributed by atoms with Crippen molar-refractivity contribution in [3.8, 4) is 0 Å². The Morgan fingerprint density at radius 2 is 1.78 bits per heavy atom. The summed E-state index contributed by atoms with van der Waals surface area (Å²) in [6.07, 6.45) is 5.49. The lowest BCUT2D eigenvalue weighted by atomic mass is 9.79. The van der Waals surface area contributed by atoms with Crippen molar-refractivity contribution in [2.45, 2.75) is 44.9 Å². The molecule has 6 nitrogen and oxygen atoms in total. The number of fused-ring (bicyclic) bond motifs is 1. The van der Waals surface area contributed by atoms with Crippen molar-refractivity contribution in [2.75, 3.05) is 5.32 Å². The average molecular weight is 336 g/mol. The summed E-state index contributed by atoms with van der Waals surface area (Å²) in [5.74, 6) is -2.95. The third kappa shape index (κ3) is 2.97. The van der Waals surface area contributed by atoms with Gasteiger partial charge >= 0.3 is 5.97 Å².